The molecule has 1 N–H and O–H groups in total. The van der Waals surface area contributed by atoms with E-state index in [9.17, 15) is 4.79 Å². The first kappa shape index (κ1) is 17.4. The molecule has 1 saturated heterocycles. The molecule has 0 aromatic heterocycles. The number of halogens is 1. The highest BCUT2D eigenvalue weighted by Gasteiger charge is 2.24. The first-order valence-corrected chi connectivity index (χ1v) is 8.55. The largest absolute Gasteiger partial charge is 0.497 e. The second-order valence-electron chi connectivity index (χ2n) is 5.07. The highest BCUT2D eigenvalue weighted by molar-refractivity contribution is 8.18. The summed E-state index contributed by atoms with van der Waals surface area (Å²) in [6.07, 6.45) is 1.76. The second-order valence-corrected chi connectivity index (χ2v) is 6.54. The number of thioether (sulfide) groups is 1. The van der Waals surface area contributed by atoms with Crippen LogP contribution < -0.4 is 14.8 Å². The van der Waals surface area contributed by atoms with E-state index in [2.05, 4.69) is 10.3 Å². The standard InChI is InChI=1S/C18H15ClN2O3S/c1-23-14-7-6-11(15(10-14)24-2)8-16-17(22)21-18(25-16)20-13-5-3-4-12(19)9-13/h3-10H,1-2H3,(H,20,21,22)/b16-8-. The Morgan fingerprint density at radius 2 is 2.00 bits per heavy atom. The number of methoxy groups -OCH3 is 2. The van der Waals surface area contributed by atoms with Gasteiger partial charge in [0.1, 0.15) is 11.5 Å². The number of carbonyl (C=O) groups is 1. The number of nitrogens with one attached hydrogen (secondary N) is 1. The third kappa shape index (κ3) is 4.15. The molecule has 0 saturated carbocycles. The summed E-state index contributed by atoms with van der Waals surface area (Å²) in [5.41, 5.74) is 1.46. The molecule has 0 bridgehead atoms. The van der Waals surface area contributed by atoms with Gasteiger partial charge in [-0.15, -0.1) is 0 Å². The first-order chi connectivity index (χ1) is 12.1. The number of nitrogens with zero attached hydrogens (tertiary/aromatic N) is 1. The van der Waals surface area contributed by atoms with Crippen molar-refractivity contribution in [2.24, 2.45) is 4.99 Å². The average Bonchev–Trinajstić information content (AvgIpc) is 2.94. The fourth-order valence-corrected chi connectivity index (χ4v) is 3.24. The summed E-state index contributed by atoms with van der Waals surface area (Å²) in [4.78, 5) is 17.1. The molecule has 0 radical (unpaired) electrons. The van der Waals surface area contributed by atoms with Gasteiger partial charge < -0.3 is 14.8 Å². The number of carbonyl (C=O) groups excluding carboxylic acids is 1. The summed E-state index contributed by atoms with van der Waals surface area (Å²) in [6.45, 7) is 0. The lowest BCUT2D eigenvalue weighted by molar-refractivity contribution is -0.115. The molecule has 0 aliphatic carbocycles. The number of hydrogen-bond acceptors (Lipinski definition) is 5. The van der Waals surface area contributed by atoms with Crippen LogP contribution in [0.4, 0.5) is 5.69 Å². The molecule has 1 aliphatic heterocycles. The predicted octanol–water partition coefficient (Wildman–Crippen LogP) is 4.25. The van der Waals surface area contributed by atoms with Crippen molar-refractivity contribution >= 4 is 46.2 Å². The lowest BCUT2D eigenvalue weighted by Gasteiger charge is -2.07. The zero-order valence-electron chi connectivity index (χ0n) is 13.6. The van der Waals surface area contributed by atoms with Crippen LogP contribution in [0.1, 0.15) is 5.56 Å². The maximum absolute atomic E-state index is 12.2. The number of benzene rings is 2. The molecule has 25 heavy (non-hydrogen) atoms. The van der Waals surface area contributed by atoms with Crippen LogP contribution in [-0.2, 0) is 4.79 Å². The maximum Gasteiger partial charge on any atom is 0.264 e. The summed E-state index contributed by atoms with van der Waals surface area (Å²) in [5.74, 6) is 1.11. The quantitative estimate of drug-likeness (QED) is 0.813. The normalized spacial score (nSPS) is 17.0. The van der Waals surface area contributed by atoms with E-state index in [-0.39, 0.29) is 5.91 Å². The molecule has 2 aromatic rings. The SMILES string of the molecule is COc1ccc(/C=C2\SC(=Nc3cccc(Cl)c3)NC2=O)c(OC)c1. The highest BCUT2D eigenvalue weighted by atomic mass is 35.5. The van der Waals surface area contributed by atoms with E-state index in [4.69, 9.17) is 21.1 Å². The van der Waals surface area contributed by atoms with Gasteiger partial charge in [-0.25, -0.2) is 4.99 Å². The molecule has 0 unspecified atom stereocenters. The van der Waals surface area contributed by atoms with Gasteiger partial charge in [0.2, 0.25) is 0 Å². The number of aliphatic imine (C=N–C) groups is 1. The number of rotatable bonds is 4. The molecule has 1 amide bonds. The molecule has 5 nitrogen and oxygen atoms in total. The van der Waals surface area contributed by atoms with E-state index in [1.54, 1.807) is 38.5 Å². The lowest BCUT2D eigenvalue weighted by Crippen LogP contribution is -2.19. The minimum absolute atomic E-state index is 0.205. The summed E-state index contributed by atoms with van der Waals surface area (Å²) in [5, 5.41) is 3.85. The Morgan fingerprint density at radius 3 is 2.72 bits per heavy atom. The van der Waals surface area contributed by atoms with Crippen LogP contribution in [0.5, 0.6) is 11.5 Å². The Balaban J connectivity index is 1.87. The van der Waals surface area contributed by atoms with E-state index < -0.39 is 0 Å². The van der Waals surface area contributed by atoms with E-state index in [1.165, 1.54) is 11.8 Å². The van der Waals surface area contributed by atoms with Crippen LogP contribution in [0.25, 0.3) is 6.08 Å². The topological polar surface area (TPSA) is 59.9 Å². The zero-order chi connectivity index (χ0) is 17.8. The van der Waals surface area contributed by atoms with Crippen molar-refractivity contribution < 1.29 is 14.3 Å². The molecule has 2 aromatic carbocycles. The zero-order valence-corrected chi connectivity index (χ0v) is 15.1. The number of ether oxygens (including phenoxy) is 2. The van der Waals surface area contributed by atoms with Crippen LogP contribution in [0.3, 0.4) is 0 Å². The molecule has 1 aliphatic rings. The minimum atomic E-state index is -0.205. The first-order valence-electron chi connectivity index (χ1n) is 7.36. The van der Waals surface area contributed by atoms with Crippen molar-refractivity contribution in [3.8, 4) is 11.5 Å². The minimum Gasteiger partial charge on any atom is -0.497 e. The van der Waals surface area contributed by atoms with Gasteiger partial charge in [-0.3, -0.25) is 4.79 Å². The molecule has 128 valence electrons. The van der Waals surface area contributed by atoms with E-state index in [1.807, 2.05) is 24.3 Å². The van der Waals surface area contributed by atoms with Gasteiger partial charge >= 0.3 is 0 Å². The Labute approximate surface area is 154 Å². The Kier molecular flexibility index (Phi) is 5.31. The Bertz CT molecular complexity index is 880. The highest BCUT2D eigenvalue weighted by Crippen LogP contribution is 2.32. The summed E-state index contributed by atoms with van der Waals surface area (Å²) < 4.78 is 10.5. The summed E-state index contributed by atoms with van der Waals surface area (Å²) >= 11 is 7.22. The monoisotopic (exact) mass is 374 g/mol. The van der Waals surface area contributed by atoms with Crippen molar-refractivity contribution in [1.82, 2.24) is 5.32 Å². The molecule has 0 spiro atoms. The third-order valence-corrected chi connectivity index (χ3v) is 4.56. The maximum atomic E-state index is 12.2. The van der Waals surface area contributed by atoms with Gasteiger partial charge in [0, 0.05) is 16.7 Å². The fraction of sp³-hybridized carbons (Fsp3) is 0.111. The fourth-order valence-electron chi connectivity index (χ4n) is 2.22. The van der Waals surface area contributed by atoms with Crippen molar-refractivity contribution in [3.05, 3.63) is 58.0 Å². The molecular formula is C18H15ClN2O3S. The smallest absolute Gasteiger partial charge is 0.264 e. The average molecular weight is 375 g/mol. The molecule has 3 rings (SSSR count). The van der Waals surface area contributed by atoms with Crippen LogP contribution in [0.2, 0.25) is 5.02 Å². The summed E-state index contributed by atoms with van der Waals surface area (Å²) in [7, 11) is 3.16. The number of amidine groups is 1. The predicted molar refractivity (Wildman–Crippen MR) is 102 cm³/mol. The van der Waals surface area contributed by atoms with Crippen LogP contribution in [0.15, 0.2) is 52.4 Å². The van der Waals surface area contributed by atoms with Crippen molar-refractivity contribution in [3.63, 3.8) is 0 Å². The molecule has 1 fully saturated rings. The lowest BCUT2D eigenvalue weighted by atomic mass is 10.1. The van der Waals surface area contributed by atoms with Gasteiger partial charge in [-0.1, -0.05) is 17.7 Å². The van der Waals surface area contributed by atoms with Gasteiger partial charge in [-0.05, 0) is 48.2 Å². The van der Waals surface area contributed by atoms with Crippen molar-refractivity contribution in [2.75, 3.05) is 14.2 Å². The van der Waals surface area contributed by atoms with Gasteiger partial charge in [0.15, 0.2) is 5.17 Å². The molecule has 7 heteroatoms. The Morgan fingerprint density at radius 1 is 1.16 bits per heavy atom. The Hall–Kier alpha value is -2.44. The van der Waals surface area contributed by atoms with Gasteiger partial charge in [0.25, 0.3) is 5.91 Å². The molecule has 1 heterocycles. The third-order valence-electron chi connectivity index (χ3n) is 3.42. The van der Waals surface area contributed by atoms with E-state index in [0.29, 0.717) is 32.3 Å². The van der Waals surface area contributed by atoms with Crippen LogP contribution in [0, 0.1) is 0 Å². The molecule has 0 atom stereocenters. The van der Waals surface area contributed by atoms with Gasteiger partial charge in [-0.2, -0.15) is 0 Å². The van der Waals surface area contributed by atoms with Crippen LogP contribution in [-0.4, -0.2) is 25.3 Å². The van der Waals surface area contributed by atoms with Crippen molar-refractivity contribution in [2.45, 2.75) is 0 Å². The van der Waals surface area contributed by atoms with Crippen molar-refractivity contribution in [1.29, 1.82) is 0 Å². The van der Waals surface area contributed by atoms with Crippen LogP contribution >= 0.6 is 23.4 Å². The number of amides is 1. The second kappa shape index (κ2) is 7.63. The molecular weight excluding hydrogens is 360 g/mol. The number of hydrogen-bond donors (Lipinski definition) is 1. The van der Waals surface area contributed by atoms with E-state index >= 15 is 0 Å². The van der Waals surface area contributed by atoms with Gasteiger partial charge in [0.05, 0.1) is 24.8 Å². The summed E-state index contributed by atoms with van der Waals surface area (Å²) in [6, 6.07) is 12.5. The van der Waals surface area contributed by atoms with E-state index in [0.717, 1.165) is 5.56 Å².